The number of nitrogens with one attached hydrogen (secondary N) is 1. The summed E-state index contributed by atoms with van der Waals surface area (Å²) >= 11 is 0. The van der Waals surface area contributed by atoms with Crippen LogP contribution in [0.2, 0.25) is 0 Å². The molecule has 20 heavy (non-hydrogen) atoms. The minimum atomic E-state index is 0. The Hall–Kier alpha value is 0.400. The number of nitrogens with zero attached hydrogens (tertiary/aromatic N) is 1. The van der Waals surface area contributed by atoms with Gasteiger partial charge in [0.2, 0.25) is 0 Å². The van der Waals surface area contributed by atoms with Gasteiger partial charge in [0, 0.05) is 6.54 Å². The maximum Gasteiger partial charge on any atom is 0.133 e. The molecule has 1 atom stereocenters. The summed E-state index contributed by atoms with van der Waals surface area (Å²) in [5.41, 5.74) is 0. The third kappa shape index (κ3) is 10.2. The van der Waals surface area contributed by atoms with Gasteiger partial charge in [0.25, 0.3) is 0 Å². The smallest absolute Gasteiger partial charge is 0.133 e. The molecule has 1 fully saturated rings. The van der Waals surface area contributed by atoms with Gasteiger partial charge in [-0.2, -0.15) is 0 Å². The first kappa shape index (κ1) is 20.4. The van der Waals surface area contributed by atoms with Gasteiger partial charge in [-0.3, -0.25) is 4.90 Å². The number of quaternary nitrogens is 1. The van der Waals surface area contributed by atoms with Gasteiger partial charge in [-0.05, 0) is 12.8 Å². The predicted octanol–water partition coefficient (Wildman–Crippen LogP) is 0.0892. The highest BCUT2D eigenvalue weighted by Gasteiger charge is 2.21. The number of halogens is 1. The van der Waals surface area contributed by atoms with Gasteiger partial charge in [-0.15, -0.1) is 0 Å². The average Bonchev–Trinajstić information content (AvgIpc) is 2.87. The van der Waals surface area contributed by atoms with Crippen molar-refractivity contribution in [2.24, 2.45) is 0 Å². The second kappa shape index (κ2) is 14.3. The first-order valence-electron chi connectivity index (χ1n) is 8.92. The van der Waals surface area contributed by atoms with Crippen molar-refractivity contribution in [1.82, 2.24) is 4.90 Å². The van der Waals surface area contributed by atoms with Crippen molar-refractivity contribution in [1.29, 1.82) is 0 Å². The third-order valence-electron chi connectivity index (χ3n) is 4.44. The summed E-state index contributed by atoms with van der Waals surface area (Å²) in [5.74, 6) is 0. The van der Waals surface area contributed by atoms with Crippen LogP contribution in [-0.4, -0.2) is 37.7 Å². The quantitative estimate of drug-likeness (QED) is 0.491. The van der Waals surface area contributed by atoms with E-state index in [9.17, 15) is 0 Å². The Bertz CT molecular complexity index is 199. The van der Waals surface area contributed by atoms with Crippen molar-refractivity contribution < 1.29 is 21.9 Å². The van der Waals surface area contributed by atoms with Crippen LogP contribution in [0.3, 0.4) is 0 Å². The van der Waals surface area contributed by atoms with Crippen molar-refractivity contribution in [2.75, 3.05) is 32.8 Å². The molecule has 0 aromatic carbocycles. The molecule has 1 aliphatic rings. The lowest BCUT2D eigenvalue weighted by atomic mass is 10.1. The van der Waals surface area contributed by atoms with Crippen LogP contribution in [0.4, 0.5) is 0 Å². The molecule has 1 heterocycles. The predicted molar refractivity (Wildman–Crippen MR) is 84.7 cm³/mol. The fourth-order valence-corrected chi connectivity index (χ4v) is 3.08. The van der Waals surface area contributed by atoms with Gasteiger partial charge in [0.1, 0.15) is 6.67 Å². The van der Waals surface area contributed by atoms with Crippen molar-refractivity contribution in [3.8, 4) is 0 Å². The standard InChI is InChI=1S/C17H36N2.BrH/c1-3-5-7-8-9-10-11-12-14-19-16-15-18(17-19)13-6-4-2;/h3-17H2,1-2H3;1H. The largest absolute Gasteiger partial charge is 1.00 e. The maximum absolute atomic E-state index is 2.68. The molecule has 1 saturated heterocycles. The highest BCUT2D eigenvalue weighted by Crippen LogP contribution is 2.08. The summed E-state index contributed by atoms with van der Waals surface area (Å²) in [4.78, 5) is 4.50. The molecule has 0 saturated carbocycles. The number of hydrogen-bond acceptors (Lipinski definition) is 1. The summed E-state index contributed by atoms with van der Waals surface area (Å²) in [7, 11) is 0. The molecule has 0 aliphatic carbocycles. The van der Waals surface area contributed by atoms with Crippen molar-refractivity contribution in [3.05, 3.63) is 0 Å². The van der Waals surface area contributed by atoms with Crippen LogP contribution in [0.15, 0.2) is 0 Å². The lowest BCUT2D eigenvalue weighted by Gasteiger charge is -2.14. The summed E-state index contributed by atoms with van der Waals surface area (Å²) in [5, 5.41) is 0. The molecule has 1 N–H and O–H groups in total. The highest BCUT2D eigenvalue weighted by molar-refractivity contribution is 4.58. The highest BCUT2D eigenvalue weighted by atomic mass is 79.9. The summed E-state index contributed by atoms with van der Waals surface area (Å²) in [6, 6.07) is 0. The maximum atomic E-state index is 2.68. The Morgan fingerprint density at radius 2 is 1.40 bits per heavy atom. The third-order valence-corrected chi connectivity index (χ3v) is 4.44. The zero-order valence-corrected chi connectivity index (χ0v) is 15.5. The van der Waals surface area contributed by atoms with E-state index >= 15 is 0 Å². The van der Waals surface area contributed by atoms with Crippen molar-refractivity contribution >= 4 is 0 Å². The minimum absolute atomic E-state index is 0. The van der Waals surface area contributed by atoms with Crippen LogP contribution in [0, 0.1) is 0 Å². The fraction of sp³-hybridized carbons (Fsp3) is 1.00. The zero-order chi connectivity index (χ0) is 13.8. The fourth-order valence-electron chi connectivity index (χ4n) is 3.08. The minimum Gasteiger partial charge on any atom is -1.00 e. The Labute approximate surface area is 138 Å². The van der Waals surface area contributed by atoms with Crippen molar-refractivity contribution in [3.63, 3.8) is 0 Å². The van der Waals surface area contributed by atoms with Crippen LogP contribution in [0.25, 0.3) is 0 Å². The molecule has 0 spiro atoms. The van der Waals surface area contributed by atoms with E-state index in [4.69, 9.17) is 0 Å². The molecule has 0 aromatic heterocycles. The molecule has 1 rings (SSSR count). The zero-order valence-electron chi connectivity index (χ0n) is 13.9. The first-order valence-corrected chi connectivity index (χ1v) is 8.92. The summed E-state index contributed by atoms with van der Waals surface area (Å²) < 4.78 is 0. The Morgan fingerprint density at radius 1 is 0.800 bits per heavy atom. The average molecular weight is 349 g/mol. The van der Waals surface area contributed by atoms with E-state index in [2.05, 4.69) is 18.7 Å². The SMILES string of the molecule is CCCCCCCCCCN1CC[NH+](CCCC)C1.[Br-]. The molecule has 0 aromatic rings. The second-order valence-corrected chi connectivity index (χ2v) is 6.35. The van der Waals surface area contributed by atoms with Gasteiger partial charge in [-0.1, -0.05) is 65.2 Å². The van der Waals surface area contributed by atoms with E-state index < -0.39 is 0 Å². The second-order valence-electron chi connectivity index (χ2n) is 6.35. The van der Waals surface area contributed by atoms with Crippen LogP contribution >= 0.6 is 0 Å². The first-order chi connectivity index (χ1) is 9.36. The Morgan fingerprint density at radius 3 is 2.05 bits per heavy atom. The Kier molecular flexibility index (Phi) is 14.6. The van der Waals surface area contributed by atoms with Gasteiger partial charge in [0.15, 0.2) is 0 Å². The molecular weight excluding hydrogens is 312 g/mol. The van der Waals surface area contributed by atoms with Crippen LogP contribution in [-0.2, 0) is 0 Å². The number of rotatable bonds is 12. The van der Waals surface area contributed by atoms with Crippen LogP contribution < -0.4 is 21.9 Å². The number of unbranched alkanes of at least 4 members (excludes halogenated alkanes) is 8. The molecule has 2 nitrogen and oxygen atoms in total. The molecule has 0 amide bonds. The monoisotopic (exact) mass is 348 g/mol. The summed E-state index contributed by atoms with van der Waals surface area (Å²) in [6.07, 6.45) is 14.3. The van der Waals surface area contributed by atoms with E-state index in [0.29, 0.717) is 0 Å². The van der Waals surface area contributed by atoms with Gasteiger partial charge in [-0.25, -0.2) is 0 Å². The molecule has 0 bridgehead atoms. The molecule has 1 aliphatic heterocycles. The van der Waals surface area contributed by atoms with Crippen LogP contribution in [0.1, 0.15) is 78.1 Å². The van der Waals surface area contributed by atoms with Gasteiger partial charge < -0.3 is 21.9 Å². The van der Waals surface area contributed by atoms with Gasteiger partial charge >= 0.3 is 0 Å². The molecule has 122 valence electrons. The molecular formula is C17H37BrN2. The Balaban J connectivity index is 0.00000361. The normalized spacial score (nSPS) is 19.2. The lowest BCUT2D eigenvalue weighted by molar-refractivity contribution is -0.892. The molecule has 1 unspecified atom stereocenters. The summed E-state index contributed by atoms with van der Waals surface area (Å²) in [6.45, 7) is 11.4. The van der Waals surface area contributed by atoms with E-state index in [-0.39, 0.29) is 17.0 Å². The van der Waals surface area contributed by atoms with E-state index in [1.807, 2.05) is 4.90 Å². The van der Waals surface area contributed by atoms with E-state index in [1.165, 1.54) is 97.1 Å². The van der Waals surface area contributed by atoms with E-state index in [0.717, 1.165) is 0 Å². The van der Waals surface area contributed by atoms with Crippen molar-refractivity contribution in [2.45, 2.75) is 78.1 Å². The topological polar surface area (TPSA) is 7.68 Å². The lowest BCUT2D eigenvalue weighted by Crippen LogP contribution is -3.10. The van der Waals surface area contributed by atoms with Gasteiger partial charge in [0.05, 0.1) is 19.6 Å². The molecule has 3 heteroatoms. The van der Waals surface area contributed by atoms with Crippen LogP contribution in [0.5, 0.6) is 0 Å². The van der Waals surface area contributed by atoms with E-state index in [1.54, 1.807) is 0 Å². The molecule has 0 radical (unpaired) electrons. The number of hydrogen-bond donors (Lipinski definition) is 1.